The fourth-order valence-corrected chi connectivity index (χ4v) is 6.70. The lowest BCUT2D eigenvalue weighted by atomic mass is 9.68. The standard InChI is InChI=1S/C20H26N2O4/c1-19-9-11-6-5-7-14(25-4)15(11)20(2)10-26-17(22(19)20)13-8-12(18(23)24)16(19)21(13)3/h5-7,12-13,16-17H,8-10H2,1-4H3,(H,23,24)/t12-,13+,16-,17-,19+,20+/m1/s1. The van der Waals surface area contributed by atoms with Crippen molar-refractivity contribution in [2.24, 2.45) is 5.92 Å². The van der Waals surface area contributed by atoms with Crippen LogP contribution in [0.25, 0.3) is 0 Å². The Balaban J connectivity index is 1.74. The zero-order chi connectivity index (χ0) is 18.4. The molecule has 0 amide bonds. The van der Waals surface area contributed by atoms with Crippen molar-refractivity contribution in [2.75, 3.05) is 20.8 Å². The summed E-state index contributed by atoms with van der Waals surface area (Å²) in [6.07, 6.45) is 1.38. The van der Waals surface area contributed by atoms with E-state index in [9.17, 15) is 9.90 Å². The molecule has 6 heteroatoms. The second-order valence-corrected chi connectivity index (χ2v) is 8.73. The van der Waals surface area contributed by atoms with Crippen molar-refractivity contribution >= 4 is 5.97 Å². The number of carboxylic acids is 1. The van der Waals surface area contributed by atoms with E-state index >= 15 is 0 Å². The Bertz CT molecular complexity index is 798. The first-order valence-electron chi connectivity index (χ1n) is 9.35. The molecule has 140 valence electrons. The van der Waals surface area contributed by atoms with E-state index in [1.54, 1.807) is 7.11 Å². The Labute approximate surface area is 153 Å². The largest absolute Gasteiger partial charge is 0.496 e. The summed E-state index contributed by atoms with van der Waals surface area (Å²) >= 11 is 0. The van der Waals surface area contributed by atoms with Crippen LogP contribution in [-0.4, -0.2) is 65.5 Å². The van der Waals surface area contributed by atoms with Crippen LogP contribution in [0, 0.1) is 5.92 Å². The maximum Gasteiger partial charge on any atom is 0.308 e. The molecular formula is C20H26N2O4. The maximum absolute atomic E-state index is 12.0. The molecule has 0 unspecified atom stereocenters. The summed E-state index contributed by atoms with van der Waals surface area (Å²) in [5, 5.41) is 9.89. The number of piperazine rings is 1. The molecule has 6 nitrogen and oxygen atoms in total. The third-order valence-electron chi connectivity index (χ3n) is 7.41. The average Bonchev–Trinajstić information content (AvgIpc) is 3.09. The van der Waals surface area contributed by atoms with Crippen LogP contribution < -0.4 is 4.74 Å². The van der Waals surface area contributed by atoms with E-state index in [0.29, 0.717) is 13.0 Å². The second kappa shape index (κ2) is 5.00. The van der Waals surface area contributed by atoms with Gasteiger partial charge in [-0.1, -0.05) is 12.1 Å². The number of nitrogens with zero attached hydrogens (tertiary/aromatic N) is 2. The summed E-state index contributed by atoms with van der Waals surface area (Å²) in [7, 11) is 3.79. The van der Waals surface area contributed by atoms with Gasteiger partial charge in [0.2, 0.25) is 0 Å². The molecule has 0 aromatic heterocycles. The first-order chi connectivity index (χ1) is 12.3. The fourth-order valence-electron chi connectivity index (χ4n) is 6.70. The first-order valence-corrected chi connectivity index (χ1v) is 9.35. The molecule has 1 aromatic carbocycles. The topological polar surface area (TPSA) is 62.2 Å². The van der Waals surface area contributed by atoms with E-state index in [1.807, 2.05) is 12.1 Å². The lowest BCUT2D eigenvalue weighted by Crippen LogP contribution is -2.74. The van der Waals surface area contributed by atoms with Crippen molar-refractivity contribution in [2.45, 2.75) is 56.1 Å². The van der Waals surface area contributed by atoms with Crippen LogP contribution in [0.5, 0.6) is 5.75 Å². The molecule has 4 heterocycles. The van der Waals surface area contributed by atoms with Crippen LogP contribution in [0.3, 0.4) is 0 Å². The number of aliphatic carboxylic acids is 1. The molecule has 3 saturated heterocycles. The van der Waals surface area contributed by atoms with Gasteiger partial charge in [-0.05, 0) is 45.4 Å². The van der Waals surface area contributed by atoms with Crippen LogP contribution in [-0.2, 0) is 21.5 Å². The molecule has 1 N–H and O–H groups in total. The number of likely N-dealkylation sites (N-methyl/N-ethyl adjacent to an activating group) is 1. The van der Waals surface area contributed by atoms with Crippen molar-refractivity contribution in [3.05, 3.63) is 29.3 Å². The molecule has 4 aliphatic heterocycles. The summed E-state index contributed by atoms with van der Waals surface area (Å²) in [5.74, 6) is -0.150. The van der Waals surface area contributed by atoms with Crippen LogP contribution in [0.1, 0.15) is 31.4 Å². The van der Waals surface area contributed by atoms with Crippen molar-refractivity contribution in [3.63, 3.8) is 0 Å². The molecular weight excluding hydrogens is 332 g/mol. The molecule has 6 atom stereocenters. The molecule has 5 rings (SSSR count). The second-order valence-electron chi connectivity index (χ2n) is 8.73. The highest BCUT2D eigenvalue weighted by Gasteiger charge is 2.70. The lowest BCUT2D eigenvalue weighted by molar-refractivity contribution is -0.162. The van der Waals surface area contributed by atoms with Crippen LogP contribution in [0.4, 0.5) is 0 Å². The summed E-state index contributed by atoms with van der Waals surface area (Å²) in [5.41, 5.74) is 1.86. The molecule has 26 heavy (non-hydrogen) atoms. The number of carboxylic acid groups (broad SMARTS) is 1. The number of hydrogen-bond donors (Lipinski definition) is 1. The van der Waals surface area contributed by atoms with Gasteiger partial charge in [0.15, 0.2) is 0 Å². The highest BCUT2D eigenvalue weighted by molar-refractivity contribution is 5.72. The van der Waals surface area contributed by atoms with Crippen molar-refractivity contribution in [1.82, 2.24) is 9.80 Å². The number of rotatable bonds is 2. The highest BCUT2D eigenvalue weighted by atomic mass is 16.5. The minimum absolute atomic E-state index is 0.0263. The van der Waals surface area contributed by atoms with Gasteiger partial charge in [-0.25, -0.2) is 0 Å². The third kappa shape index (κ3) is 1.71. The van der Waals surface area contributed by atoms with E-state index in [0.717, 1.165) is 12.2 Å². The zero-order valence-electron chi connectivity index (χ0n) is 15.7. The molecule has 1 aromatic rings. The van der Waals surface area contributed by atoms with Gasteiger partial charge in [0.25, 0.3) is 0 Å². The summed E-state index contributed by atoms with van der Waals surface area (Å²) in [6, 6.07) is 6.31. The Morgan fingerprint density at radius 1 is 1.38 bits per heavy atom. The smallest absolute Gasteiger partial charge is 0.308 e. The van der Waals surface area contributed by atoms with Crippen LogP contribution in [0.15, 0.2) is 18.2 Å². The number of carbonyl (C=O) groups is 1. The number of benzene rings is 1. The SMILES string of the molecule is COc1cccc2c1[C@]1(C)CO[C@@H]3[C@@H]4C[C@@H](C(=O)O)[C@@H](N4C)[C@](C)(C2)N31. The van der Waals surface area contributed by atoms with E-state index in [-0.39, 0.29) is 35.3 Å². The number of methoxy groups -OCH3 is 1. The Morgan fingerprint density at radius 2 is 2.15 bits per heavy atom. The molecule has 0 radical (unpaired) electrons. The minimum atomic E-state index is -0.690. The monoisotopic (exact) mass is 358 g/mol. The van der Waals surface area contributed by atoms with Gasteiger partial charge in [0.1, 0.15) is 12.0 Å². The molecule has 0 saturated carbocycles. The van der Waals surface area contributed by atoms with E-state index in [4.69, 9.17) is 9.47 Å². The third-order valence-corrected chi connectivity index (χ3v) is 7.41. The number of fused-ring (bicyclic) bond motifs is 6. The van der Waals surface area contributed by atoms with Crippen LogP contribution in [0.2, 0.25) is 0 Å². The average molecular weight is 358 g/mol. The molecule has 0 spiro atoms. The van der Waals surface area contributed by atoms with Crippen molar-refractivity contribution in [1.29, 1.82) is 0 Å². The van der Waals surface area contributed by atoms with Gasteiger partial charge in [0.05, 0.1) is 31.2 Å². The fraction of sp³-hybridized carbons (Fsp3) is 0.650. The van der Waals surface area contributed by atoms with Gasteiger partial charge in [0, 0.05) is 17.1 Å². The van der Waals surface area contributed by atoms with Gasteiger partial charge in [-0.15, -0.1) is 0 Å². The molecule has 3 fully saturated rings. The number of hydrogen-bond acceptors (Lipinski definition) is 5. The number of ether oxygens (including phenoxy) is 2. The van der Waals surface area contributed by atoms with Crippen LogP contribution >= 0.6 is 0 Å². The Hall–Kier alpha value is -1.63. The first kappa shape index (κ1) is 16.5. The van der Waals surface area contributed by atoms with Gasteiger partial charge < -0.3 is 14.6 Å². The van der Waals surface area contributed by atoms with Gasteiger partial charge >= 0.3 is 5.97 Å². The Morgan fingerprint density at radius 3 is 2.85 bits per heavy atom. The minimum Gasteiger partial charge on any atom is -0.496 e. The quantitative estimate of drug-likeness (QED) is 0.868. The maximum atomic E-state index is 12.0. The van der Waals surface area contributed by atoms with E-state index < -0.39 is 5.97 Å². The van der Waals surface area contributed by atoms with Crippen molar-refractivity contribution in [3.8, 4) is 5.75 Å². The predicted molar refractivity (Wildman–Crippen MR) is 95.1 cm³/mol. The summed E-state index contributed by atoms with van der Waals surface area (Å²) in [4.78, 5) is 16.8. The highest BCUT2D eigenvalue weighted by Crippen LogP contribution is 2.59. The molecule has 0 aliphatic carbocycles. The molecule has 2 bridgehead atoms. The summed E-state index contributed by atoms with van der Waals surface area (Å²) in [6.45, 7) is 5.07. The predicted octanol–water partition coefficient (Wildman–Crippen LogP) is 1.67. The summed E-state index contributed by atoms with van der Waals surface area (Å²) < 4.78 is 12.1. The van der Waals surface area contributed by atoms with E-state index in [2.05, 4.69) is 36.8 Å². The van der Waals surface area contributed by atoms with E-state index in [1.165, 1.54) is 11.1 Å². The lowest BCUT2D eigenvalue weighted by Gasteiger charge is -2.61. The van der Waals surface area contributed by atoms with Crippen molar-refractivity contribution < 1.29 is 19.4 Å². The molecule has 4 aliphatic rings. The zero-order valence-corrected chi connectivity index (χ0v) is 15.7. The van der Waals surface area contributed by atoms with Gasteiger partial charge in [-0.2, -0.15) is 0 Å². The Kier molecular flexibility index (Phi) is 3.18. The normalized spacial score (nSPS) is 43.8. The van der Waals surface area contributed by atoms with Gasteiger partial charge in [-0.3, -0.25) is 14.6 Å².